The number of rotatable bonds is 3. The fraction of sp³-hybridized carbons (Fsp3) is 0.208. The lowest BCUT2D eigenvalue weighted by molar-refractivity contribution is -0.383. The molecule has 0 N–H and O–H groups in total. The van der Waals surface area contributed by atoms with E-state index in [1.807, 2.05) is 0 Å². The monoisotopic (exact) mass is 460 g/mol. The van der Waals surface area contributed by atoms with Crippen LogP contribution in [0, 0.1) is 15.9 Å². The summed E-state index contributed by atoms with van der Waals surface area (Å²) in [5, 5.41) is 12.2. The number of halogens is 1. The number of hydrogen-bond donors (Lipinski definition) is 0. The van der Waals surface area contributed by atoms with Gasteiger partial charge >= 0.3 is 6.03 Å². The Hall–Kier alpha value is -4.34. The van der Waals surface area contributed by atoms with Crippen molar-refractivity contribution in [2.24, 2.45) is 0 Å². The number of carbonyl (C=O) groups excluding carboxylic acids is 3. The smallest absolute Gasteiger partial charge is 0.331 e. The maximum absolute atomic E-state index is 13.5. The molecular weight excluding hydrogens is 443 g/mol. The lowest BCUT2D eigenvalue weighted by Gasteiger charge is -2.34. The van der Waals surface area contributed by atoms with Crippen LogP contribution in [0.4, 0.5) is 20.6 Å². The van der Waals surface area contributed by atoms with E-state index in [0.29, 0.717) is 22.8 Å². The number of hydrogen-bond acceptors (Lipinski definition) is 5. The zero-order valence-electron chi connectivity index (χ0n) is 17.6. The molecule has 3 fully saturated rings. The van der Waals surface area contributed by atoms with Gasteiger partial charge in [-0.15, -0.1) is 0 Å². The number of benzene rings is 3. The molecule has 9 nitrogen and oxygen atoms in total. The zero-order valence-corrected chi connectivity index (χ0v) is 17.6. The third-order valence-electron chi connectivity index (χ3n) is 6.93. The summed E-state index contributed by atoms with van der Waals surface area (Å²) < 4.78 is 13.3. The first-order chi connectivity index (χ1) is 16.4. The molecule has 0 aliphatic carbocycles. The predicted molar refractivity (Wildman–Crippen MR) is 119 cm³/mol. The van der Waals surface area contributed by atoms with Crippen molar-refractivity contribution in [2.45, 2.75) is 24.5 Å². The second-order valence-corrected chi connectivity index (χ2v) is 8.64. The van der Waals surface area contributed by atoms with E-state index in [1.54, 1.807) is 29.2 Å². The molecular formula is C24H17FN4O5. The number of fused-ring (bicyclic) bond motifs is 6. The molecule has 3 saturated heterocycles. The number of nitro benzene ring substituents is 1. The SMILES string of the molecule is O=C1[C@H]2[C@@H]3C[C@@H](CN3C(=O)c3ccc(F)cc3)N2C(=O)N1c1ccc([N+](=O)[O-])c2ccccc12. The molecule has 3 aliphatic rings. The van der Waals surface area contributed by atoms with E-state index < -0.39 is 34.8 Å². The number of nitro groups is 1. The van der Waals surface area contributed by atoms with Crippen molar-refractivity contribution in [3.63, 3.8) is 0 Å². The van der Waals surface area contributed by atoms with E-state index in [1.165, 1.54) is 41.3 Å². The molecule has 2 bridgehead atoms. The summed E-state index contributed by atoms with van der Waals surface area (Å²) in [5.41, 5.74) is 0.479. The molecule has 0 radical (unpaired) electrons. The lowest BCUT2D eigenvalue weighted by Crippen LogP contribution is -2.54. The summed E-state index contributed by atoms with van der Waals surface area (Å²) in [6.07, 6.45) is 0.490. The molecule has 3 aromatic carbocycles. The highest BCUT2D eigenvalue weighted by molar-refractivity contribution is 6.25. The maximum atomic E-state index is 13.5. The van der Waals surface area contributed by atoms with Crippen LogP contribution in [0.25, 0.3) is 10.8 Å². The number of likely N-dealkylation sites (tertiary alicyclic amines) is 1. The van der Waals surface area contributed by atoms with Gasteiger partial charge in [0.05, 0.1) is 28.1 Å². The maximum Gasteiger partial charge on any atom is 0.332 e. The van der Waals surface area contributed by atoms with Gasteiger partial charge in [0.1, 0.15) is 11.9 Å². The normalized spacial score (nSPS) is 23.2. The van der Waals surface area contributed by atoms with E-state index in [9.17, 15) is 28.9 Å². The third-order valence-corrected chi connectivity index (χ3v) is 6.93. The number of amides is 4. The number of nitrogens with zero attached hydrogens (tertiary/aromatic N) is 4. The first-order valence-electron chi connectivity index (χ1n) is 10.8. The molecule has 3 heterocycles. The Labute approximate surface area is 192 Å². The average molecular weight is 460 g/mol. The van der Waals surface area contributed by atoms with Crippen LogP contribution in [0.2, 0.25) is 0 Å². The van der Waals surface area contributed by atoms with Gasteiger partial charge in [-0.3, -0.25) is 19.7 Å². The number of piperazine rings is 1. The second kappa shape index (κ2) is 7.08. The highest BCUT2D eigenvalue weighted by Gasteiger charge is 2.63. The van der Waals surface area contributed by atoms with E-state index in [0.717, 1.165) is 4.90 Å². The largest absolute Gasteiger partial charge is 0.332 e. The van der Waals surface area contributed by atoms with E-state index in [-0.39, 0.29) is 29.9 Å². The molecule has 3 atom stereocenters. The molecule has 170 valence electrons. The Morgan fingerprint density at radius 3 is 2.41 bits per heavy atom. The Morgan fingerprint density at radius 2 is 1.71 bits per heavy atom. The van der Waals surface area contributed by atoms with E-state index in [2.05, 4.69) is 0 Å². The van der Waals surface area contributed by atoms with E-state index in [4.69, 9.17) is 0 Å². The topological polar surface area (TPSA) is 104 Å². The van der Waals surface area contributed by atoms with Gasteiger partial charge in [-0.2, -0.15) is 0 Å². The second-order valence-electron chi connectivity index (χ2n) is 8.64. The Balaban J connectivity index is 1.36. The van der Waals surface area contributed by atoms with Gasteiger partial charge in [-0.1, -0.05) is 18.2 Å². The third kappa shape index (κ3) is 2.68. The lowest BCUT2D eigenvalue weighted by atomic mass is 10.0. The number of urea groups is 1. The summed E-state index contributed by atoms with van der Waals surface area (Å²) in [6.45, 7) is 0.283. The Kier molecular flexibility index (Phi) is 4.22. The van der Waals surface area contributed by atoms with Crippen molar-refractivity contribution in [1.82, 2.24) is 9.80 Å². The minimum absolute atomic E-state index is 0.116. The highest BCUT2D eigenvalue weighted by Crippen LogP contribution is 2.44. The first kappa shape index (κ1) is 20.3. The summed E-state index contributed by atoms with van der Waals surface area (Å²) in [4.78, 5) is 55.1. The van der Waals surface area contributed by atoms with Crippen LogP contribution in [0.3, 0.4) is 0 Å². The molecule has 4 amide bonds. The van der Waals surface area contributed by atoms with Crippen LogP contribution >= 0.6 is 0 Å². The summed E-state index contributed by atoms with van der Waals surface area (Å²) >= 11 is 0. The quantitative estimate of drug-likeness (QED) is 0.339. The zero-order chi connectivity index (χ0) is 23.7. The molecule has 0 aromatic heterocycles. The molecule has 34 heavy (non-hydrogen) atoms. The summed E-state index contributed by atoms with van der Waals surface area (Å²) in [5.74, 6) is -1.23. The van der Waals surface area contributed by atoms with Crippen LogP contribution in [0.15, 0.2) is 60.7 Å². The van der Waals surface area contributed by atoms with Gasteiger partial charge in [-0.05, 0) is 42.8 Å². The average Bonchev–Trinajstić information content (AvgIpc) is 3.50. The van der Waals surface area contributed by atoms with Gasteiger partial charge in [0.2, 0.25) is 0 Å². The molecule has 0 unspecified atom stereocenters. The molecule has 0 saturated carbocycles. The molecule has 0 spiro atoms. The van der Waals surface area contributed by atoms with Crippen LogP contribution in [-0.2, 0) is 4.79 Å². The molecule has 3 aromatic rings. The summed E-state index contributed by atoms with van der Waals surface area (Å²) in [7, 11) is 0. The number of non-ortho nitro benzene ring substituents is 1. The number of anilines is 1. The van der Waals surface area contributed by atoms with Crippen LogP contribution < -0.4 is 4.90 Å². The molecule has 10 heteroatoms. The predicted octanol–water partition coefficient (Wildman–Crippen LogP) is 3.32. The first-order valence-corrected chi connectivity index (χ1v) is 10.8. The fourth-order valence-corrected chi connectivity index (χ4v) is 5.49. The Morgan fingerprint density at radius 1 is 1.00 bits per heavy atom. The molecule has 3 aliphatic heterocycles. The minimum atomic E-state index is -0.829. The van der Waals surface area contributed by atoms with Crippen LogP contribution in [0.5, 0.6) is 0 Å². The van der Waals surface area contributed by atoms with E-state index >= 15 is 0 Å². The van der Waals surface area contributed by atoms with Gasteiger partial charge in [0, 0.05) is 23.6 Å². The molecule has 6 rings (SSSR count). The van der Waals surface area contributed by atoms with Gasteiger partial charge in [0.25, 0.3) is 17.5 Å². The Bertz CT molecular complexity index is 1410. The van der Waals surface area contributed by atoms with Crippen LogP contribution in [0.1, 0.15) is 16.8 Å². The van der Waals surface area contributed by atoms with Crippen molar-refractivity contribution in [1.29, 1.82) is 0 Å². The van der Waals surface area contributed by atoms with Crippen molar-refractivity contribution in [2.75, 3.05) is 11.4 Å². The fourth-order valence-electron chi connectivity index (χ4n) is 5.49. The van der Waals surface area contributed by atoms with Gasteiger partial charge in [-0.25, -0.2) is 14.1 Å². The van der Waals surface area contributed by atoms with Crippen molar-refractivity contribution in [3.05, 3.63) is 82.2 Å². The summed E-state index contributed by atoms with van der Waals surface area (Å²) in [6, 6.07) is 12.4. The van der Waals surface area contributed by atoms with Crippen molar-refractivity contribution < 1.29 is 23.7 Å². The van der Waals surface area contributed by atoms with Crippen molar-refractivity contribution in [3.8, 4) is 0 Å². The number of imide groups is 1. The highest BCUT2D eigenvalue weighted by atomic mass is 19.1. The number of carbonyl (C=O) groups is 3. The standard InChI is InChI=1S/C24H17FN4O5/c25-14-7-5-13(6-8-14)22(30)26-12-15-11-20(26)21-23(31)28(24(32)27(15)21)18-9-10-19(29(33)34)17-4-2-1-3-16(17)18/h1-10,15,20-21H,11-12H2/t15-,20-,21+/m0/s1. The van der Waals surface area contributed by atoms with Crippen LogP contribution in [-0.4, -0.2) is 57.2 Å². The minimum Gasteiger partial charge on any atom is -0.331 e. The van der Waals surface area contributed by atoms with Gasteiger partial charge in [0.15, 0.2) is 0 Å². The van der Waals surface area contributed by atoms with Crippen molar-refractivity contribution >= 4 is 40.0 Å². The van der Waals surface area contributed by atoms with Gasteiger partial charge < -0.3 is 9.80 Å².